The molecule has 0 rings (SSSR count). The lowest BCUT2D eigenvalue weighted by atomic mass is 9.84. The van der Waals surface area contributed by atoms with Crippen molar-refractivity contribution < 1.29 is 19.1 Å². The first kappa shape index (κ1) is 15.7. The van der Waals surface area contributed by atoms with E-state index in [9.17, 15) is 9.59 Å². The summed E-state index contributed by atoms with van der Waals surface area (Å²) in [5, 5.41) is 0. The molecule has 0 aliphatic heterocycles. The van der Waals surface area contributed by atoms with Gasteiger partial charge in [0.15, 0.2) is 0 Å². The number of ether oxygens (including phenoxy) is 2. The lowest BCUT2D eigenvalue weighted by Gasteiger charge is -2.31. The van der Waals surface area contributed by atoms with Gasteiger partial charge in [-0.3, -0.25) is 0 Å². The number of rotatable bonds is 4. The van der Waals surface area contributed by atoms with Crippen molar-refractivity contribution in [1.82, 2.24) is 0 Å². The fraction of sp³-hybridized carbons (Fsp3) is 0.692. The molecule has 0 unspecified atom stereocenters. The number of carbonyl (C=O) groups excluding carboxylic acids is 2. The first-order chi connectivity index (χ1) is 7.56. The molecule has 98 valence electrons. The number of hydrogen-bond donors (Lipinski definition) is 0. The maximum absolute atomic E-state index is 11.4. The standard InChI is InChI=1S/C13H22O4/c1-12(2,3)9-13(4,5)17-11(15)8-7-10(14)16-6/h7-8H,9H2,1-6H3/b8-7+. The molecule has 0 aromatic heterocycles. The van der Waals surface area contributed by atoms with Crippen LogP contribution in [-0.4, -0.2) is 24.6 Å². The number of methoxy groups -OCH3 is 1. The first-order valence-electron chi connectivity index (χ1n) is 5.55. The number of esters is 2. The molecule has 0 N–H and O–H groups in total. The minimum atomic E-state index is -0.574. The highest BCUT2D eigenvalue weighted by Crippen LogP contribution is 2.29. The summed E-state index contributed by atoms with van der Waals surface area (Å²) in [6.07, 6.45) is 2.86. The SMILES string of the molecule is COC(=O)/C=C/C(=O)OC(C)(C)CC(C)(C)C. The van der Waals surface area contributed by atoms with Crippen LogP contribution in [0.4, 0.5) is 0 Å². The summed E-state index contributed by atoms with van der Waals surface area (Å²) < 4.78 is 9.65. The second-order valence-corrected chi connectivity index (χ2v) is 5.77. The van der Waals surface area contributed by atoms with Crippen molar-refractivity contribution in [2.75, 3.05) is 7.11 Å². The summed E-state index contributed by atoms with van der Waals surface area (Å²) in [6, 6.07) is 0. The third kappa shape index (κ3) is 8.48. The molecular formula is C13H22O4. The van der Waals surface area contributed by atoms with E-state index in [1.54, 1.807) is 0 Å². The normalized spacial score (nSPS) is 12.6. The van der Waals surface area contributed by atoms with E-state index in [2.05, 4.69) is 25.5 Å². The third-order valence-electron chi connectivity index (χ3n) is 1.89. The Bertz CT molecular complexity index is 308. The van der Waals surface area contributed by atoms with Gasteiger partial charge in [0, 0.05) is 12.2 Å². The van der Waals surface area contributed by atoms with Crippen LogP contribution >= 0.6 is 0 Å². The van der Waals surface area contributed by atoms with Gasteiger partial charge >= 0.3 is 11.9 Å². The molecule has 0 heterocycles. The minimum Gasteiger partial charge on any atom is -0.466 e. The van der Waals surface area contributed by atoms with E-state index in [0.717, 1.165) is 18.6 Å². The molecule has 0 fully saturated rings. The molecule has 0 aromatic carbocycles. The van der Waals surface area contributed by atoms with E-state index in [4.69, 9.17) is 4.74 Å². The maximum Gasteiger partial charge on any atom is 0.331 e. The number of carbonyl (C=O) groups is 2. The molecule has 0 spiro atoms. The smallest absolute Gasteiger partial charge is 0.331 e. The number of hydrogen-bond acceptors (Lipinski definition) is 4. The van der Waals surface area contributed by atoms with Crippen LogP contribution in [0.3, 0.4) is 0 Å². The van der Waals surface area contributed by atoms with E-state index in [0.29, 0.717) is 0 Å². The Hall–Kier alpha value is -1.32. The van der Waals surface area contributed by atoms with E-state index in [-0.39, 0.29) is 5.41 Å². The zero-order chi connectivity index (χ0) is 13.7. The van der Waals surface area contributed by atoms with Crippen LogP contribution in [0.25, 0.3) is 0 Å². The van der Waals surface area contributed by atoms with Gasteiger partial charge < -0.3 is 9.47 Å². The largest absolute Gasteiger partial charge is 0.466 e. The van der Waals surface area contributed by atoms with Crippen molar-refractivity contribution in [1.29, 1.82) is 0 Å². The van der Waals surface area contributed by atoms with Crippen LogP contribution in [-0.2, 0) is 19.1 Å². The molecule has 17 heavy (non-hydrogen) atoms. The van der Waals surface area contributed by atoms with Crippen LogP contribution < -0.4 is 0 Å². The van der Waals surface area contributed by atoms with Crippen molar-refractivity contribution >= 4 is 11.9 Å². The monoisotopic (exact) mass is 242 g/mol. The van der Waals surface area contributed by atoms with Gasteiger partial charge in [-0.05, 0) is 25.7 Å². The Kier molecular flexibility index (Phi) is 5.39. The summed E-state index contributed by atoms with van der Waals surface area (Å²) in [5.74, 6) is -1.11. The summed E-state index contributed by atoms with van der Waals surface area (Å²) in [4.78, 5) is 22.2. The van der Waals surface area contributed by atoms with Crippen molar-refractivity contribution in [2.45, 2.75) is 46.6 Å². The van der Waals surface area contributed by atoms with Crippen molar-refractivity contribution in [3.8, 4) is 0 Å². The van der Waals surface area contributed by atoms with Crippen LogP contribution in [0.2, 0.25) is 0 Å². The Labute approximate surface area is 103 Å². The van der Waals surface area contributed by atoms with Crippen molar-refractivity contribution in [2.24, 2.45) is 5.41 Å². The van der Waals surface area contributed by atoms with Crippen molar-refractivity contribution in [3.05, 3.63) is 12.2 Å². The van der Waals surface area contributed by atoms with Gasteiger partial charge in [0.2, 0.25) is 0 Å². The third-order valence-corrected chi connectivity index (χ3v) is 1.89. The Morgan fingerprint density at radius 1 is 1.00 bits per heavy atom. The first-order valence-corrected chi connectivity index (χ1v) is 5.55. The van der Waals surface area contributed by atoms with Crippen LogP contribution in [0.5, 0.6) is 0 Å². The summed E-state index contributed by atoms with van der Waals surface area (Å²) in [7, 11) is 1.25. The zero-order valence-electron chi connectivity index (χ0n) is 11.5. The van der Waals surface area contributed by atoms with E-state index in [1.807, 2.05) is 13.8 Å². The highest BCUT2D eigenvalue weighted by atomic mass is 16.6. The highest BCUT2D eigenvalue weighted by molar-refractivity contribution is 5.91. The van der Waals surface area contributed by atoms with Crippen LogP contribution in [0, 0.1) is 5.41 Å². The van der Waals surface area contributed by atoms with E-state index < -0.39 is 17.5 Å². The predicted octanol–water partition coefficient (Wildman–Crippen LogP) is 2.47. The lowest BCUT2D eigenvalue weighted by molar-refractivity contribution is -0.153. The van der Waals surface area contributed by atoms with Crippen LogP contribution in [0.15, 0.2) is 12.2 Å². The van der Waals surface area contributed by atoms with Gasteiger partial charge in [0.05, 0.1) is 7.11 Å². The van der Waals surface area contributed by atoms with Gasteiger partial charge in [-0.15, -0.1) is 0 Å². The van der Waals surface area contributed by atoms with Crippen LogP contribution in [0.1, 0.15) is 41.0 Å². The molecule has 0 saturated heterocycles. The van der Waals surface area contributed by atoms with Gasteiger partial charge in [-0.25, -0.2) is 9.59 Å². The second-order valence-electron chi connectivity index (χ2n) is 5.77. The molecule has 0 aliphatic carbocycles. The van der Waals surface area contributed by atoms with Crippen molar-refractivity contribution in [3.63, 3.8) is 0 Å². The minimum absolute atomic E-state index is 0.0653. The maximum atomic E-state index is 11.4. The van der Waals surface area contributed by atoms with Gasteiger partial charge in [-0.1, -0.05) is 20.8 Å². The van der Waals surface area contributed by atoms with E-state index in [1.165, 1.54) is 7.11 Å². The Morgan fingerprint density at radius 3 is 1.88 bits per heavy atom. The molecular weight excluding hydrogens is 220 g/mol. The average molecular weight is 242 g/mol. The fourth-order valence-corrected chi connectivity index (χ4v) is 1.82. The molecule has 0 amide bonds. The molecule has 0 aliphatic rings. The average Bonchev–Trinajstić information content (AvgIpc) is 2.09. The van der Waals surface area contributed by atoms with Gasteiger partial charge in [-0.2, -0.15) is 0 Å². The highest BCUT2D eigenvalue weighted by Gasteiger charge is 2.28. The molecule has 4 nitrogen and oxygen atoms in total. The molecule has 0 atom stereocenters. The quantitative estimate of drug-likeness (QED) is 0.561. The molecule has 4 heteroatoms. The summed E-state index contributed by atoms with van der Waals surface area (Å²) in [6.45, 7) is 9.93. The van der Waals surface area contributed by atoms with Gasteiger partial charge in [0.1, 0.15) is 5.60 Å². The molecule has 0 aromatic rings. The van der Waals surface area contributed by atoms with Gasteiger partial charge in [0.25, 0.3) is 0 Å². The Balaban J connectivity index is 4.37. The Morgan fingerprint density at radius 2 is 1.47 bits per heavy atom. The predicted molar refractivity (Wildman–Crippen MR) is 65.4 cm³/mol. The fourth-order valence-electron chi connectivity index (χ4n) is 1.82. The lowest BCUT2D eigenvalue weighted by Crippen LogP contribution is -2.32. The van der Waals surface area contributed by atoms with E-state index >= 15 is 0 Å². The zero-order valence-corrected chi connectivity index (χ0v) is 11.5. The molecule has 0 bridgehead atoms. The summed E-state index contributed by atoms with van der Waals surface area (Å²) in [5.41, 5.74) is -0.494. The second kappa shape index (κ2) is 5.84. The summed E-state index contributed by atoms with van der Waals surface area (Å²) >= 11 is 0. The topological polar surface area (TPSA) is 52.6 Å². The molecule has 0 saturated carbocycles. The molecule has 0 radical (unpaired) electrons.